The smallest absolute Gasteiger partial charge is 0.259 e. The number of aryl methyl sites for hydroxylation is 1. The molecule has 1 N–H and O–H groups in total. The highest BCUT2D eigenvalue weighted by Crippen LogP contribution is 2.32. The van der Waals surface area contributed by atoms with E-state index in [1.807, 2.05) is 13.0 Å². The predicted molar refractivity (Wildman–Crippen MR) is 89.8 cm³/mol. The van der Waals surface area contributed by atoms with Gasteiger partial charge in [0.2, 0.25) is 0 Å². The van der Waals surface area contributed by atoms with Crippen molar-refractivity contribution in [2.24, 2.45) is 0 Å². The Morgan fingerprint density at radius 2 is 2.00 bits per heavy atom. The van der Waals surface area contributed by atoms with Crippen molar-refractivity contribution in [2.75, 3.05) is 12.4 Å². The van der Waals surface area contributed by atoms with Crippen molar-refractivity contribution in [3.8, 4) is 5.75 Å². The van der Waals surface area contributed by atoms with Crippen LogP contribution >= 0.6 is 39.1 Å². The van der Waals surface area contributed by atoms with Crippen LogP contribution in [0.3, 0.4) is 0 Å². The fraction of sp³-hybridized carbons (Fsp3) is 0.133. The van der Waals surface area contributed by atoms with E-state index in [-0.39, 0.29) is 5.91 Å². The average molecular weight is 389 g/mol. The molecule has 0 bridgehead atoms. The molecule has 110 valence electrons. The molecular formula is C15H12BrCl2NO2. The van der Waals surface area contributed by atoms with Gasteiger partial charge in [0.05, 0.1) is 28.4 Å². The summed E-state index contributed by atoms with van der Waals surface area (Å²) in [6.45, 7) is 1.87. The number of anilines is 1. The summed E-state index contributed by atoms with van der Waals surface area (Å²) >= 11 is 15.4. The zero-order valence-electron chi connectivity index (χ0n) is 11.3. The van der Waals surface area contributed by atoms with Crippen LogP contribution in [0.25, 0.3) is 0 Å². The third-order valence-electron chi connectivity index (χ3n) is 2.89. The highest BCUT2D eigenvalue weighted by molar-refractivity contribution is 9.10. The molecule has 21 heavy (non-hydrogen) atoms. The fourth-order valence-corrected chi connectivity index (χ4v) is 2.88. The number of hydrogen-bond donors (Lipinski definition) is 1. The Kier molecular flexibility index (Phi) is 5.14. The zero-order valence-corrected chi connectivity index (χ0v) is 14.4. The summed E-state index contributed by atoms with van der Waals surface area (Å²) in [4.78, 5) is 12.4. The van der Waals surface area contributed by atoms with Crippen LogP contribution in [0.15, 0.2) is 34.8 Å². The Hall–Kier alpha value is -1.23. The summed E-state index contributed by atoms with van der Waals surface area (Å²) in [6.07, 6.45) is 0. The van der Waals surface area contributed by atoms with Gasteiger partial charge in [-0.05, 0) is 36.8 Å². The second-order valence-electron chi connectivity index (χ2n) is 4.36. The summed E-state index contributed by atoms with van der Waals surface area (Å²) < 4.78 is 6.10. The first-order valence-corrected chi connectivity index (χ1v) is 7.58. The largest absolute Gasteiger partial charge is 0.496 e. The van der Waals surface area contributed by atoms with Crippen LogP contribution in [-0.4, -0.2) is 13.0 Å². The fourth-order valence-electron chi connectivity index (χ4n) is 1.96. The molecule has 0 aliphatic heterocycles. The number of benzene rings is 2. The van der Waals surface area contributed by atoms with Gasteiger partial charge in [-0.25, -0.2) is 0 Å². The van der Waals surface area contributed by atoms with Crippen LogP contribution in [0, 0.1) is 6.92 Å². The molecule has 0 spiro atoms. The van der Waals surface area contributed by atoms with Crippen molar-refractivity contribution in [1.29, 1.82) is 0 Å². The predicted octanol–water partition coefficient (Wildman–Crippen LogP) is 5.33. The maximum Gasteiger partial charge on any atom is 0.259 e. The van der Waals surface area contributed by atoms with Gasteiger partial charge < -0.3 is 10.1 Å². The molecule has 0 radical (unpaired) electrons. The van der Waals surface area contributed by atoms with Crippen LogP contribution < -0.4 is 10.1 Å². The van der Waals surface area contributed by atoms with E-state index < -0.39 is 0 Å². The molecule has 2 rings (SSSR count). The van der Waals surface area contributed by atoms with E-state index in [0.717, 1.165) is 10.0 Å². The van der Waals surface area contributed by atoms with Crippen molar-refractivity contribution in [2.45, 2.75) is 6.92 Å². The lowest BCUT2D eigenvalue weighted by molar-refractivity contribution is 0.102. The minimum Gasteiger partial charge on any atom is -0.496 e. The molecule has 0 aliphatic carbocycles. The van der Waals surface area contributed by atoms with Gasteiger partial charge >= 0.3 is 0 Å². The second kappa shape index (κ2) is 6.69. The lowest BCUT2D eigenvalue weighted by Crippen LogP contribution is -2.14. The normalized spacial score (nSPS) is 10.3. The third kappa shape index (κ3) is 3.51. The molecule has 0 saturated heterocycles. The monoisotopic (exact) mass is 387 g/mol. The van der Waals surface area contributed by atoms with Gasteiger partial charge in [0.1, 0.15) is 5.75 Å². The van der Waals surface area contributed by atoms with Crippen molar-refractivity contribution < 1.29 is 9.53 Å². The van der Waals surface area contributed by atoms with Crippen molar-refractivity contribution in [3.63, 3.8) is 0 Å². The van der Waals surface area contributed by atoms with E-state index in [4.69, 9.17) is 27.9 Å². The van der Waals surface area contributed by atoms with Gasteiger partial charge in [-0.2, -0.15) is 0 Å². The van der Waals surface area contributed by atoms with E-state index in [9.17, 15) is 4.79 Å². The van der Waals surface area contributed by atoms with Gasteiger partial charge in [0.15, 0.2) is 0 Å². The molecule has 0 saturated carbocycles. The molecule has 6 heteroatoms. The van der Waals surface area contributed by atoms with E-state index >= 15 is 0 Å². The Labute approximate surface area is 141 Å². The third-order valence-corrected chi connectivity index (χ3v) is 4.16. The van der Waals surface area contributed by atoms with E-state index in [0.29, 0.717) is 27.0 Å². The number of hydrogen-bond acceptors (Lipinski definition) is 2. The van der Waals surface area contributed by atoms with Gasteiger partial charge in [-0.1, -0.05) is 45.2 Å². The molecular weight excluding hydrogens is 377 g/mol. The van der Waals surface area contributed by atoms with E-state index in [2.05, 4.69) is 21.2 Å². The van der Waals surface area contributed by atoms with E-state index in [1.165, 1.54) is 7.11 Å². The minimum atomic E-state index is -0.319. The summed E-state index contributed by atoms with van der Waals surface area (Å²) in [7, 11) is 1.53. The first-order valence-electron chi connectivity index (χ1n) is 6.03. The Balaban J connectivity index is 2.39. The lowest BCUT2D eigenvalue weighted by Gasteiger charge is -2.13. The van der Waals surface area contributed by atoms with E-state index in [1.54, 1.807) is 24.3 Å². The molecule has 0 unspecified atom stereocenters. The second-order valence-corrected chi connectivity index (χ2v) is 6.06. The van der Waals surface area contributed by atoms with Crippen LogP contribution in [-0.2, 0) is 0 Å². The minimum absolute atomic E-state index is 0.304. The van der Waals surface area contributed by atoms with Gasteiger partial charge in [-0.3, -0.25) is 4.79 Å². The number of carbonyl (C=O) groups is 1. The summed E-state index contributed by atoms with van der Waals surface area (Å²) in [5, 5.41) is 3.43. The average Bonchev–Trinajstić information content (AvgIpc) is 2.43. The number of carbonyl (C=O) groups excluding carboxylic acids is 1. The Morgan fingerprint density at radius 3 is 2.67 bits per heavy atom. The standard InChI is InChI=1S/C15H12BrCl2NO2/c1-8-6-9(16)7-10(14(8)21-2)15(20)19-12-5-3-4-11(17)13(12)18/h3-7H,1-2H3,(H,19,20). The van der Waals surface area contributed by atoms with Gasteiger partial charge in [0, 0.05) is 4.47 Å². The van der Waals surface area contributed by atoms with Crippen LogP contribution in [0.1, 0.15) is 15.9 Å². The van der Waals surface area contributed by atoms with Crippen molar-refractivity contribution >= 4 is 50.7 Å². The summed E-state index contributed by atoms with van der Waals surface area (Å²) in [5.74, 6) is 0.203. The molecule has 0 aromatic heterocycles. The topological polar surface area (TPSA) is 38.3 Å². The van der Waals surface area contributed by atoms with Crippen LogP contribution in [0.2, 0.25) is 10.0 Å². The molecule has 0 fully saturated rings. The number of amides is 1. The van der Waals surface area contributed by atoms with Gasteiger partial charge in [-0.15, -0.1) is 0 Å². The lowest BCUT2D eigenvalue weighted by atomic mass is 10.1. The number of ether oxygens (including phenoxy) is 1. The first-order chi connectivity index (χ1) is 9.93. The molecule has 2 aromatic carbocycles. The van der Waals surface area contributed by atoms with Gasteiger partial charge in [0.25, 0.3) is 5.91 Å². The summed E-state index contributed by atoms with van der Waals surface area (Å²) in [5.41, 5.74) is 1.73. The number of methoxy groups -OCH3 is 1. The van der Waals surface area contributed by atoms with Crippen LogP contribution in [0.5, 0.6) is 5.75 Å². The molecule has 3 nitrogen and oxygen atoms in total. The number of rotatable bonds is 3. The quantitative estimate of drug-likeness (QED) is 0.771. The molecule has 0 heterocycles. The number of halogens is 3. The van der Waals surface area contributed by atoms with Crippen molar-refractivity contribution in [1.82, 2.24) is 0 Å². The Morgan fingerprint density at radius 1 is 1.29 bits per heavy atom. The van der Waals surface area contributed by atoms with Crippen molar-refractivity contribution in [3.05, 3.63) is 56.0 Å². The highest BCUT2D eigenvalue weighted by Gasteiger charge is 2.17. The first kappa shape index (κ1) is 16.1. The maximum atomic E-state index is 12.4. The summed E-state index contributed by atoms with van der Waals surface area (Å²) in [6, 6.07) is 8.63. The van der Waals surface area contributed by atoms with Crippen LogP contribution in [0.4, 0.5) is 5.69 Å². The molecule has 0 aliphatic rings. The SMILES string of the molecule is COc1c(C)cc(Br)cc1C(=O)Nc1cccc(Cl)c1Cl. The molecule has 2 aromatic rings. The maximum absolute atomic E-state index is 12.4. The molecule has 1 amide bonds. The number of nitrogens with one attached hydrogen (secondary N) is 1. The zero-order chi connectivity index (χ0) is 15.6. The Bertz CT molecular complexity index is 704. The molecule has 0 atom stereocenters. The highest BCUT2D eigenvalue weighted by atomic mass is 79.9.